The normalized spacial score (nSPS) is 18.3. The highest BCUT2D eigenvalue weighted by Gasteiger charge is 2.16. The lowest BCUT2D eigenvalue weighted by Gasteiger charge is -2.14. The van der Waals surface area contributed by atoms with Crippen molar-refractivity contribution in [3.05, 3.63) is 29.8 Å². The second-order valence-electron chi connectivity index (χ2n) is 6.02. The molecule has 1 atom stereocenters. The molecule has 0 spiro atoms. The van der Waals surface area contributed by atoms with Gasteiger partial charge in [-0.2, -0.15) is 0 Å². The number of benzene rings is 1. The first kappa shape index (κ1) is 15.0. The van der Waals surface area contributed by atoms with Crippen molar-refractivity contribution in [2.75, 3.05) is 5.32 Å². The second-order valence-corrected chi connectivity index (χ2v) is 6.02. The van der Waals surface area contributed by atoms with E-state index in [1.54, 1.807) is 0 Å². The van der Waals surface area contributed by atoms with Gasteiger partial charge in [0.15, 0.2) is 0 Å². The molecule has 1 fully saturated rings. The molecule has 0 aromatic heterocycles. The van der Waals surface area contributed by atoms with Crippen LogP contribution >= 0.6 is 0 Å². The summed E-state index contributed by atoms with van der Waals surface area (Å²) in [4.78, 5) is 12.1. The van der Waals surface area contributed by atoms with E-state index in [0.717, 1.165) is 11.3 Å². The van der Waals surface area contributed by atoms with Gasteiger partial charge >= 0.3 is 0 Å². The third kappa shape index (κ3) is 4.64. The summed E-state index contributed by atoms with van der Waals surface area (Å²) in [5, 5.41) is 3.00. The van der Waals surface area contributed by atoms with Crippen molar-refractivity contribution in [3.63, 3.8) is 0 Å². The predicted octanol–water partition coefficient (Wildman–Crippen LogP) is 4.01. The molecule has 1 amide bonds. The third-order valence-electron chi connectivity index (χ3n) is 4.17. The first-order valence-corrected chi connectivity index (χ1v) is 7.80. The number of nitrogens with two attached hydrogens (primary N) is 1. The fourth-order valence-electron chi connectivity index (χ4n) is 2.91. The Morgan fingerprint density at radius 3 is 2.35 bits per heavy atom. The molecule has 2 rings (SSSR count). The number of anilines is 1. The number of nitrogens with one attached hydrogen (secondary N) is 1. The molecule has 110 valence electrons. The second kappa shape index (κ2) is 7.44. The lowest BCUT2D eigenvalue weighted by molar-refractivity contribution is -0.117. The zero-order chi connectivity index (χ0) is 14.4. The van der Waals surface area contributed by atoms with Gasteiger partial charge in [-0.1, -0.05) is 37.8 Å². The Morgan fingerprint density at radius 1 is 1.20 bits per heavy atom. The van der Waals surface area contributed by atoms with Crippen molar-refractivity contribution < 1.29 is 4.79 Å². The van der Waals surface area contributed by atoms with E-state index in [4.69, 9.17) is 5.73 Å². The van der Waals surface area contributed by atoms with Gasteiger partial charge < -0.3 is 11.1 Å². The fourth-order valence-corrected chi connectivity index (χ4v) is 2.91. The van der Waals surface area contributed by atoms with Gasteiger partial charge in [0.25, 0.3) is 0 Å². The summed E-state index contributed by atoms with van der Waals surface area (Å²) in [7, 11) is 0. The third-order valence-corrected chi connectivity index (χ3v) is 4.17. The summed E-state index contributed by atoms with van der Waals surface area (Å²) in [5.41, 5.74) is 7.77. The summed E-state index contributed by atoms with van der Waals surface area (Å²) in [6.45, 7) is 1.96. The highest BCUT2D eigenvalue weighted by Crippen LogP contribution is 2.25. The molecule has 1 unspecified atom stereocenters. The molecule has 0 radical (unpaired) electrons. The van der Waals surface area contributed by atoms with Crippen molar-refractivity contribution in [1.29, 1.82) is 0 Å². The first-order valence-electron chi connectivity index (χ1n) is 7.80. The smallest absolute Gasteiger partial charge is 0.224 e. The van der Waals surface area contributed by atoms with E-state index < -0.39 is 0 Å². The molecule has 3 N–H and O–H groups in total. The maximum Gasteiger partial charge on any atom is 0.224 e. The average molecular weight is 274 g/mol. The number of carbonyl (C=O) groups is 1. The standard InChI is InChI=1S/C17H26N2O/c1-13(18)15-8-10-16(11-9-15)19-17(20)12-14-6-4-2-3-5-7-14/h8-11,13-14H,2-7,12,18H2,1H3,(H,19,20). The van der Waals surface area contributed by atoms with Crippen LogP contribution in [0.2, 0.25) is 0 Å². The van der Waals surface area contributed by atoms with Crippen LogP contribution in [-0.4, -0.2) is 5.91 Å². The zero-order valence-corrected chi connectivity index (χ0v) is 12.4. The van der Waals surface area contributed by atoms with Crippen molar-refractivity contribution in [1.82, 2.24) is 0 Å². The SMILES string of the molecule is CC(N)c1ccc(NC(=O)CC2CCCCCC2)cc1. The van der Waals surface area contributed by atoms with Gasteiger partial charge in [-0.15, -0.1) is 0 Å². The molecule has 1 aromatic rings. The molecule has 3 nitrogen and oxygen atoms in total. The minimum Gasteiger partial charge on any atom is -0.326 e. The topological polar surface area (TPSA) is 55.1 Å². The minimum atomic E-state index is 0.0331. The molecular weight excluding hydrogens is 248 g/mol. The van der Waals surface area contributed by atoms with Crippen LogP contribution in [0.25, 0.3) is 0 Å². The molecule has 1 aromatic carbocycles. The van der Waals surface area contributed by atoms with Crippen molar-refractivity contribution in [2.24, 2.45) is 11.7 Å². The largest absolute Gasteiger partial charge is 0.326 e. The fraction of sp³-hybridized carbons (Fsp3) is 0.588. The lowest BCUT2D eigenvalue weighted by atomic mass is 9.96. The van der Waals surface area contributed by atoms with Crippen LogP contribution < -0.4 is 11.1 Å². The Labute approximate surface area is 121 Å². The summed E-state index contributed by atoms with van der Waals surface area (Å²) in [6.07, 6.45) is 8.29. The van der Waals surface area contributed by atoms with Crippen molar-refractivity contribution in [2.45, 2.75) is 57.9 Å². The molecule has 1 saturated carbocycles. The number of amides is 1. The maximum atomic E-state index is 12.1. The monoisotopic (exact) mass is 274 g/mol. The summed E-state index contributed by atoms with van der Waals surface area (Å²) in [6, 6.07) is 7.86. The molecule has 1 aliphatic carbocycles. The Kier molecular flexibility index (Phi) is 5.60. The van der Waals surface area contributed by atoms with Crippen LogP contribution in [-0.2, 0) is 4.79 Å². The van der Waals surface area contributed by atoms with Crippen LogP contribution in [0.1, 0.15) is 63.5 Å². The Morgan fingerprint density at radius 2 is 1.80 bits per heavy atom. The van der Waals surface area contributed by atoms with Crippen LogP contribution in [0.3, 0.4) is 0 Å². The number of rotatable bonds is 4. The van der Waals surface area contributed by atoms with Gasteiger partial charge in [0, 0.05) is 18.2 Å². The zero-order valence-electron chi connectivity index (χ0n) is 12.4. The molecule has 0 bridgehead atoms. The molecule has 0 aliphatic heterocycles. The molecule has 1 aliphatic rings. The Bertz CT molecular complexity index is 417. The molecule has 0 heterocycles. The highest BCUT2D eigenvalue weighted by molar-refractivity contribution is 5.90. The van der Waals surface area contributed by atoms with Gasteiger partial charge in [-0.25, -0.2) is 0 Å². The predicted molar refractivity (Wildman–Crippen MR) is 83.5 cm³/mol. The molecule has 20 heavy (non-hydrogen) atoms. The van der Waals surface area contributed by atoms with E-state index in [1.807, 2.05) is 31.2 Å². The van der Waals surface area contributed by atoms with Gasteiger partial charge in [0.2, 0.25) is 5.91 Å². The molecule has 3 heteroatoms. The van der Waals surface area contributed by atoms with E-state index in [0.29, 0.717) is 12.3 Å². The van der Waals surface area contributed by atoms with E-state index >= 15 is 0 Å². The van der Waals surface area contributed by atoms with Crippen molar-refractivity contribution >= 4 is 11.6 Å². The van der Waals surface area contributed by atoms with Crippen LogP contribution in [0.15, 0.2) is 24.3 Å². The van der Waals surface area contributed by atoms with Crippen LogP contribution in [0, 0.1) is 5.92 Å². The Hall–Kier alpha value is -1.35. The van der Waals surface area contributed by atoms with Gasteiger partial charge in [0.05, 0.1) is 0 Å². The molecule has 0 saturated heterocycles. The number of hydrogen-bond acceptors (Lipinski definition) is 2. The maximum absolute atomic E-state index is 12.1. The summed E-state index contributed by atoms with van der Waals surface area (Å²) >= 11 is 0. The summed E-state index contributed by atoms with van der Waals surface area (Å²) < 4.78 is 0. The van der Waals surface area contributed by atoms with Crippen LogP contribution in [0.5, 0.6) is 0 Å². The average Bonchev–Trinajstić information content (AvgIpc) is 2.68. The Balaban J connectivity index is 1.84. The first-order chi connectivity index (χ1) is 9.65. The van der Waals surface area contributed by atoms with E-state index in [-0.39, 0.29) is 11.9 Å². The molecular formula is C17H26N2O. The lowest BCUT2D eigenvalue weighted by Crippen LogP contribution is -2.16. The van der Waals surface area contributed by atoms with E-state index in [2.05, 4.69) is 5.32 Å². The van der Waals surface area contributed by atoms with Gasteiger partial charge in [-0.05, 0) is 43.4 Å². The van der Waals surface area contributed by atoms with Gasteiger partial charge in [0.1, 0.15) is 0 Å². The van der Waals surface area contributed by atoms with E-state index in [9.17, 15) is 4.79 Å². The highest BCUT2D eigenvalue weighted by atomic mass is 16.1. The van der Waals surface area contributed by atoms with E-state index in [1.165, 1.54) is 38.5 Å². The quantitative estimate of drug-likeness (QED) is 0.815. The van der Waals surface area contributed by atoms with Crippen LogP contribution in [0.4, 0.5) is 5.69 Å². The number of carbonyl (C=O) groups excluding carboxylic acids is 1. The summed E-state index contributed by atoms with van der Waals surface area (Å²) in [5.74, 6) is 0.714. The minimum absolute atomic E-state index is 0.0331. The van der Waals surface area contributed by atoms with Crippen molar-refractivity contribution in [3.8, 4) is 0 Å². The van der Waals surface area contributed by atoms with Gasteiger partial charge in [-0.3, -0.25) is 4.79 Å². The number of hydrogen-bond donors (Lipinski definition) is 2.